The summed E-state index contributed by atoms with van der Waals surface area (Å²) in [5, 5.41) is 3.13. The maximum absolute atomic E-state index is 12.9. The van der Waals surface area contributed by atoms with Crippen molar-refractivity contribution in [2.75, 3.05) is 5.32 Å². The summed E-state index contributed by atoms with van der Waals surface area (Å²) in [6.45, 7) is 1.89. The Morgan fingerprint density at radius 2 is 1.90 bits per heavy atom. The molecule has 1 aromatic heterocycles. The number of furan rings is 1. The van der Waals surface area contributed by atoms with Crippen molar-refractivity contribution in [1.29, 1.82) is 0 Å². The Morgan fingerprint density at radius 1 is 1.15 bits per heavy atom. The summed E-state index contributed by atoms with van der Waals surface area (Å²) in [6.07, 6.45) is -3.60. The maximum atomic E-state index is 12.9. The molecule has 7 heteroatoms. The second-order valence-corrected chi connectivity index (χ2v) is 5.12. The molecule has 3 rings (SSSR count). The van der Waals surface area contributed by atoms with Crippen LogP contribution in [0.3, 0.4) is 0 Å². The number of hydrogen-bond acceptors (Lipinski definition) is 4. The smallest absolute Gasteiger partial charge is 0.452 e. The SMILES string of the molecule is CC(Nc1ccc2c(c1)OC(F)(F)O2)c1ccc(Br)o1. The minimum Gasteiger partial charge on any atom is -0.452 e. The molecule has 0 saturated carbocycles. The van der Waals surface area contributed by atoms with E-state index in [1.54, 1.807) is 12.1 Å². The highest BCUT2D eigenvalue weighted by atomic mass is 79.9. The molecule has 0 bridgehead atoms. The molecule has 4 nitrogen and oxygen atoms in total. The van der Waals surface area contributed by atoms with Crippen LogP contribution in [0.1, 0.15) is 18.7 Å². The fourth-order valence-corrected chi connectivity index (χ4v) is 2.24. The van der Waals surface area contributed by atoms with Crippen LogP contribution < -0.4 is 14.8 Å². The van der Waals surface area contributed by atoms with E-state index in [9.17, 15) is 8.78 Å². The monoisotopic (exact) mass is 345 g/mol. The van der Waals surface area contributed by atoms with Gasteiger partial charge in [-0.15, -0.1) is 8.78 Å². The van der Waals surface area contributed by atoms with Crippen molar-refractivity contribution in [2.45, 2.75) is 19.3 Å². The lowest BCUT2D eigenvalue weighted by Gasteiger charge is -2.13. The second kappa shape index (κ2) is 4.66. The minimum absolute atomic E-state index is 0.00725. The van der Waals surface area contributed by atoms with Crippen LogP contribution in [0, 0.1) is 0 Å². The third-order valence-electron chi connectivity index (χ3n) is 2.81. The van der Waals surface area contributed by atoms with E-state index in [1.807, 2.05) is 13.0 Å². The van der Waals surface area contributed by atoms with Crippen molar-refractivity contribution in [3.63, 3.8) is 0 Å². The van der Waals surface area contributed by atoms with Gasteiger partial charge in [0.2, 0.25) is 0 Å². The maximum Gasteiger partial charge on any atom is 0.586 e. The van der Waals surface area contributed by atoms with E-state index in [0.29, 0.717) is 10.4 Å². The third kappa shape index (κ3) is 2.58. The van der Waals surface area contributed by atoms with E-state index in [-0.39, 0.29) is 17.5 Å². The molecule has 0 fully saturated rings. The van der Waals surface area contributed by atoms with Crippen molar-refractivity contribution in [2.24, 2.45) is 0 Å². The summed E-state index contributed by atoms with van der Waals surface area (Å²) in [5.41, 5.74) is 0.630. The average molecular weight is 346 g/mol. The highest BCUT2D eigenvalue weighted by Gasteiger charge is 2.43. The number of ether oxygens (including phenoxy) is 2. The zero-order chi connectivity index (χ0) is 14.3. The first-order chi connectivity index (χ1) is 9.43. The van der Waals surface area contributed by atoms with Crippen molar-refractivity contribution < 1.29 is 22.7 Å². The van der Waals surface area contributed by atoms with Crippen LogP contribution in [0.4, 0.5) is 14.5 Å². The van der Waals surface area contributed by atoms with E-state index in [4.69, 9.17) is 4.42 Å². The number of benzene rings is 1. The fourth-order valence-electron chi connectivity index (χ4n) is 1.92. The third-order valence-corrected chi connectivity index (χ3v) is 3.23. The van der Waals surface area contributed by atoms with E-state index in [2.05, 4.69) is 30.7 Å². The van der Waals surface area contributed by atoms with Gasteiger partial charge in [-0.25, -0.2) is 0 Å². The number of fused-ring (bicyclic) bond motifs is 1. The number of rotatable bonds is 3. The Balaban J connectivity index is 1.76. The lowest BCUT2D eigenvalue weighted by Crippen LogP contribution is -2.25. The van der Waals surface area contributed by atoms with Crippen molar-refractivity contribution in [3.8, 4) is 11.5 Å². The van der Waals surface area contributed by atoms with Gasteiger partial charge in [0.15, 0.2) is 16.2 Å². The highest BCUT2D eigenvalue weighted by molar-refractivity contribution is 9.10. The van der Waals surface area contributed by atoms with Gasteiger partial charge in [-0.1, -0.05) is 0 Å². The summed E-state index contributed by atoms with van der Waals surface area (Å²) in [7, 11) is 0. The van der Waals surface area contributed by atoms with E-state index in [0.717, 1.165) is 5.76 Å². The molecule has 1 aliphatic heterocycles. The number of alkyl halides is 2. The van der Waals surface area contributed by atoms with Gasteiger partial charge in [-0.05, 0) is 47.1 Å². The lowest BCUT2D eigenvalue weighted by atomic mass is 10.2. The molecule has 106 valence electrons. The summed E-state index contributed by atoms with van der Waals surface area (Å²) in [5.74, 6) is 0.752. The molecule has 1 aliphatic rings. The van der Waals surface area contributed by atoms with Gasteiger partial charge in [0.25, 0.3) is 0 Å². The van der Waals surface area contributed by atoms with Crippen LogP contribution >= 0.6 is 15.9 Å². The topological polar surface area (TPSA) is 43.6 Å². The molecular weight excluding hydrogens is 336 g/mol. The number of halogens is 3. The predicted molar refractivity (Wildman–Crippen MR) is 71.1 cm³/mol. The first-order valence-corrected chi connectivity index (χ1v) is 6.64. The van der Waals surface area contributed by atoms with Gasteiger partial charge < -0.3 is 19.2 Å². The lowest BCUT2D eigenvalue weighted by molar-refractivity contribution is -0.286. The van der Waals surface area contributed by atoms with Crippen LogP contribution in [-0.4, -0.2) is 6.29 Å². The number of hydrogen-bond donors (Lipinski definition) is 1. The first-order valence-electron chi connectivity index (χ1n) is 5.85. The molecule has 0 spiro atoms. The fraction of sp³-hybridized carbons (Fsp3) is 0.231. The summed E-state index contributed by atoms with van der Waals surface area (Å²) in [4.78, 5) is 0. The molecule has 0 aliphatic carbocycles. The van der Waals surface area contributed by atoms with Gasteiger partial charge in [-0.2, -0.15) is 0 Å². The van der Waals surface area contributed by atoms with Crippen molar-refractivity contribution in [1.82, 2.24) is 0 Å². The Morgan fingerprint density at radius 3 is 2.60 bits per heavy atom. The highest BCUT2D eigenvalue weighted by Crippen LogP contribution is 2.42. The largest absolute Gasteiger partial charge is 0.586 e. The normalized spacial score (nSPS) is 17.0. The van der Waals surface area contributed by atoms with Crippen LogP contribution in [-0.2, 0) is 0 Å². The van der Waals surface area contributed by atoms with E-state index >= 15 is 0 Å². The second-order valence-electron chi connectivity index (χ2n) is 4.34. The molecule has 0 radical (unpaired) electrons. The van der Waals surface area contributed by atoms with Crippen LogP contribution in [0.2, 0.25) is 0 Å². The summed E-state index contributed by atoms with van der Waals surface area (Å²) < 4.78 is 40.6. The molecule has 1 atom stereocenters. The first kappa shape index (κ1) is 13.2. The Labute approximate surface area is 121 Å². The van der Waals surface area contributed by atoms with Gasteiger partial charge in [0, 0.05) is 11.8 Å². The zero-order valence-corrected chi connectivity index (χ0v) is 11.9. The molecule has 0 amide bonds. The molecule has 1 unspecified atom stereocenters. The molecule has 0 saturated heterocycles. The predicted octanol–water partition coefficient (Wildman–Crippen LogP) is 4.54. The molecule has 20 heavy (non-hydrogen) atoms. The molecule has 2 aromatic rings. The van der Waals surface area contributed by atoms with Gasteiger partial charge in [0.05, 0.1) is 6.04 Å². The molecular formula is C13H10BrF2NO3. The van der Waals surface area contributed by atoms with Crippen molar-refractivity contribution in [3.05, 3.63) is 40.8 Å². The Kier molecular flexibility index (Phi) is 3.08. The summed E-state index contributed by atoms with van der Waals surface area (Å²) >= 11 is 3.22. The number of nitrogens with one attached hydrogen (secondary N) is 1. The van der Waals surface area contributed by atoms with Gasteiger partial charge in [-0.3, -0.25) is 0 Å². The molecule has 1 aromatic carbocycles. The van der Waals surface area contributed by atoms with Gasteiger partial charge >= 0.3 is 6.29 Å². The van der Waals surface area contributed by atoms with Crippen molar-refractivity contribution >= 4 is 21.6 Å². The molecule has 1 N–H and O–H groups in total. The number of anilines is 1. The molecule has 2 heterocycles. The van der Waals surface area contributed by atoms with Crippen LogP contribution in [0.5, 0.6) is 11.5 Å². The standard InChI is InChI=1S/C13H10BrF2NO3/c1-7(9-4-5-12(14)18-9)17-8-2-3-10-11(6-8)20-13(15,16)19-10/h2-7,17H,1H3. The van der Waals surface area contributed by atoms with Crippen LogP contribution in [0.25, 0.3) is 0 Å². The summed E-state index contributed by atoms with van der Waals surface area (Å²) in [6, 6.07) is 8.02. The average Bonchev–Trinajstić information content (AvgIpc) is 2.90. The zero-order valence-electron chi connectivity index (χ0n) is 10.3. The quantitative estimate of drug-likeness (QED) is 0.886. The van der Waals surface area contributed by atoms with E-state index < -0.39 is 6.29 Å². The van der Waals surface area contributed by atoms with Gasteiger partial charge in [0.1, 0.15) is 5.76 Å². The minimum atomic E-state index is -3.60. The Hall–Kier alpha value is -1.76. The van der Waals surface area contributed by atoms with Crippen LogP contribution in [0.15, 0.2) is 39.4 Å². The Bertz CT molecular complexity index is 644. The van der Waals surface area contributed by atoms with E-state index in [1.165, 1.54) is 12.1 Å².